The van der Waals surface area contributed by atoms with Gasteiger partial charge in [0.15, 0.2) is 11.6 Å². The van der Waals surface area contributed by atoms with Crippen LogP contribution in [0.4, 0.5) is 18.9 Å². The van der Waals surface area contributed by atoms with Gasteiger partial charge in [-0.3, -0.25) is 4.72 Å². The van der Waals surface area contributed by atoms with E-state index in [1.807, 2.05) is 4.72 Å². The van der Waals surface area contributed by atoms with Crippen molar-refractivity contribution < 1.29 is 26.3 Å². The van der Waals surface area contributed by atoms with E-state index in [4.69, 9.17) is 4.74 Å². The Kier molecular flexibility index (Phi) is 4.54. The van der Waals surface area contributed by atoms with Crippen LogP contribution in [-0.4, -0.2) is 26.9 Å². The van der Waals surface area contributed by atoms with Crippen LogP contribution in [0, 0.1) is 17.5 Å². The third-order valence-electron chi connectivity index (χ3n) is 2.95. The number of benzene rings is 1. The average molecular weight is 309 g/mol. The SMILES string of the molecule is O=S(=O)(CC1CCCCO1)Nc1cc(F)c(F)cc1F. The maximum Gasteiger partial charge on any atom is 0.235 e. The van der Waals surface area contributed by atoms with Crippen molar-refractivity contribution in [2.45, 2.75) is 25.4 Å². The first-order valence-electron chi connectivity index (χ1n) is 6.14. The molecule has 2 rings (SSSR count). The van der Waals surface area contributed by atoms with Gasteiger partial charge in [-0.15, -0.1) is 0 Å². The molecule has 4 nitrogen and oxygen atoms in total. The molecule has 1 aliphatic heterocycles. The summed E-state index contributed by atoms with van der Waals surface area (Å²) in [4.78, 5) is 0. The Morgan fingerprint density at radius 1 is 1.15 bits per heavy atom. The van der Waals surface area contributed by atoms with E-state index >= 15 is 0 Å². The van der Waals surface area contributed by atoms with Gasteiger partial charge in [0.2, 0.25) is 10.0 Å². The Hall–Kier alpha value is -1.28. The lowest BCUT2D eigenvalue weighted by Gasteiger charge is -2.22. The molecule has 1 aromatic rings. The summed E-state index contributed by atoms with van der Waals surface area (Å²) in [7, 11) is -3.89. The maximum absolute atomic E-state index is 13.4. The van der Waals surface area contributed by atoms with Crippen molar-refractivity contribution in [1.82, 2.24) is 0 Å². The van der Waals surface area contributed by atoms with Crippen LogP contribution in [0.15, 0.2) is 12.1 Å². The molecule has 112 valence electrons. The zero-order chi connectivity index (χ0) is 14.8. The van der Waals surface area contributed by atoms with E-state index in [-0.39, 0.29) is 5.75 Å². The van der Waals surface area contributed by atoms with Crippen molar-refractivity contribution in [1.29, 1.82) is 0 Å². The molecule has 1 aromatic carbocycles. The summed E-state index contributed by atoms with van der Waals surface area (Å²) in [5.74, 6) is -4.21. The van der Waals surface area contributed by atoms with Crippen LogP contribution in [0.2, 0.25) is 0 Å². The minimum absolute atomic E-state index is 0.296. The highest BCUT2D eigenvalue weighted by Gasteiger charge is 2.23. The second kappa shape index (κ2) is 6.01. The average Bonchev–Trinajstić information content (AvgIpc) is 2.36. The standard InChI is InChI=1S/C12H14F3NO3S/c13-9-5-11(15)12(6-10(9)14)16-20(17,18)7-8-3-1-2-4-19-8/h5-6,8,16H,1-4,7H2. The number of hydrogen-bond acceptors (Lipinski definition) is 3. The van der Waals surface area contributed by atoms with Gasteiger partial charge in [0.1, 0.15) is 5.82 Å². The highest BCUT2D eigenvalue weighted by molar-refractivity contribution is 7.92. The molecule has 0 bridgehead atoms. The fourth-order valence-electron chi connectivity index (χ4n) is 1.99. The quantitative estimate of drug-likeness (QED) is 0.869. The van der Waals surface area contributed by atoms with Gasteiger partial charge in [0.25, 0.3) is 0 Å². The molecule has 1 heterocycles. The zero-order valence-electron chi connectivity index (χ0n) is 10.5. The molecule has 0 spiro atoms. The van der Waals surface area contributed by atoms with Gasteiger partial charge in [0.05, 0.1) is 17.5 Å². The van der Waals surface area contributed by atoms with E-state index in [0.717, 1.165) is 12.8 Å². The van der Waals surface area contributed by atoms with E-state index in [0.29, 0.717) is 25.2 Å². The molecule has 1 unspecified atom stereocenters. The molecule has 0 radical (unpaired) electrons. The summed E-state index contributed by atoms with van der Waals surface area (Å²) < 4.78 is 70.0. The monoisotopic (exact) mass is 309 g/mol. The van der Waals surface area contributed by atoms with E-state index in [9.17, 15) is 21.6 Å². The minimum Gasteiger partial charge on any atom is -0.377 e. The number of sulfonamides is 1. The second-order valence-electron chi connectivity index (χ2n) is 4.62. The summed E-state index contributed by atoms with van der Waals surface area (Å²) in [5, 5.41) is 0. The first-order valence-corrected chi connectivity index (χ1v) is 7.79. The van der Waals surface area contributed by atoms with Crippen LogP contribution in [0.25, 0.3) is 0 Å². The normalized spacial score (nSPS) is 19.9. The topological polar surface area (TPSA) is 55.4 Å². The van der Waals surface area contributed by atoms with Gasteiger partial charge in [-0.05, 0) is 19.3 Å². The Balaban J connectivity index is 2.09. The van der Waals surface area contributed by atoms with Crippen LogP contribution < -0.4 is 4.72 Å². The highest BCUT2D eigenvalue weighted by Crippen LogP contribution is 2.21. The Labute approximate surface area is 115 Å². The first kappa shape index (κ1) is 15.1. The Morgan fingerprint density at radius 3 is 2.50 bits per heavy atom. The molecule has 1 atom stereocenters. The summed E-state index contributed by atoms with van der Waals surface area (Å²) in [6.45, 7) is 0.486. The van der Waals surface area contributed by atoms with Crippen LogP contribution in [0.5, 0.6) is 0 Å². The summed E-state index contributed by atoms with van der Waals surface area (Å²) >= 11 is 0. The molecule has 1 fully saturated rings. The maximum atomic E-state index is 13.4. The van der Waals surface area contributed by atoms with Crippen molar-refractivity contribution in [3.8, 4) is 0 Å². The van der Waals surface area contributed by atoms with Gasteiger partial charge >= 0.3 is 0 Å². The fraction of sp³-hybridized carbons (Fsp3) is 0.500. The van der Waals surface area contributed by atoms with Crippen molar-refractivity contribution in [2.75, 3.05) is 17.1 Å². The summed E-state index contributed by atoms with van der Waals surface area (Å²) in [5.41, 5.74) is -0.611. The molecule has 0 aliphatic carbocycles. The van der Waals surface area contributed by atoms with Gasteiger partial charge in [-0.2, -0.15) is 0 Å². The zero-order valence-corrected chi connectivity index (χ0v) is 11.4. The molecule has 0 aromatic heterocycles. The molecule has 1 saturated heterocycles. The molecule has 20 heavy (non-hydrogen) atoms. The molecular weight excluding hydrogens is 295 g/mol. The second-order valence-corrected chi connectivity index (χ2v) is 6.39. The molecule has 1 N–H and O–H groups in total. The third kappa shape index (κ3) is 3.86. The minimum atomic E-state index is -3.89. The summed E-state index contributed by atoms with van der Waals surface area (Å²) in [6, 6.07) is 0.772. The van der Waals surface area contributed by atoms with E-state index in [1.165, 1.54) is 0 Å². The summed E-state index contributed by atoms with van der Waals surface area (Å²) in [6.07, 6.45) is 1.87. The molecule has 8 heteroatoms. The Morgan fingerprint density at radius 2 is 1.85 bits per heavy atom. The van der Waals surface area contributed by atoms with Gasteiger partial charge in [0, 0.05) is 18.7 Å². The number of ether oxygens (including phenoxy) is 1. The number of rotatable bonds is 4. The van der Waals surface area contributed by atoms with Gasteiger partial charge in [-0.25, -0.2) is 21.6 Å². The van der Waals surface area contributed by atoms with Crippen molar-refractivity contribution in [3.05, 3.63) is 29.6 Å². The Bertz CT molecular complexity index is 586. The van der Waals surface area contributed by atoms with Crippen LogP contribution in [0.1, 0.15) is 19.3 Å². The van der Waals surface area contributed by atoms with Gasteiger partial charge in [-0.1, -0.05) is 0 Å². The predicted octanol–water partition coefficient (Wildman–Crippen LogP) is 2.41. The van der Waals surface area contributed by atoms with E-state index in [2.05, 4.69) is 0 Å². The number of nitrogens with one attached hydrogen (secondary N) is 1. The highest BCUT2D eigenvalue weighted by atomic mass is 32.2. The largest absolute Gasteiger partial charge is 0.377 e. The van der Waals surface area contributed by atoms with Crippen molar-refractivity contribution >= 4 is 15.7 Å². The van der Waals surface area contributed by atoms with Crippen molar-refractivity contribution in [3.63, 3.8) is 0 Å². The van der Waals surface area contributed by atoms with Crippen LogP contribution >= 0.6 is 0 Å². The van der Waals surface area contributed by atoms with Crippen molar-refractivity contribution in [2.24, 2.45) is 0 Å². The predicted molar refractivity (Wildman–Crippen MR) is 67.3 cm³/mol. The number of anilines is 1. The lowest BCUT2D eigenvalue weighted by atomic mass is 10.1. The number of hydrogen-bond donors (Lipinski definition) is 1. The molecule has 0 amide bonds. The molecule has 0 saturated carbocycles. The lowest BCUT2D eigenvalue weighted by molar-refractivity contribution is 0.0306. The third-order valence-corrected chi connectivity index (χ3v) is 4.30. The smallest absolute Gasteiger partial charge is 0.235 e. The lowest BCUT2D eigenvalue weighted by Crippen LogP contribution is -2.31. The van der Waals surface area contributed by atoms with Gasteiger partial charge < -0.3 is 4.74 Å². The van der Waals surface area contributed by atoms with Crippen LogP contribution in [0.3, 0.4) is 0 Å². The first-order chi connectivity index (χ1) is 9.37. The molecule has 1 aliphatic rings. The molecular formula is C12H14F3NO3S. The fourth-order valence-corrected chi connectivity index (χ4v) is 3.32. The van der Waals surface area contributed by atoms with Crippen LogP contribution in [-0.2, 0) is 14.8 Å². The van der Waals surface area contributed by atoms with E-state index < -0.39 is 39.3 Å². The number of halogens is 3. The van der Waals surface area contributed by atoms with E-state index in [1.54, 1.807) is 0 Å².